The molecule has 100 valence electrons. The summed E-state index contributed by atoms with van der Waals surface area (Å²) in [6.45, 7) is 1.16. The Morgan fingerprint density at radius 3 is 2.39 bits per heavy atom. The van der Waals surface area contributed by atoms with Crippen LogP contribution >= 0.6 is 0 Å². The molecule has 0 aliphatic carbocycles. The number of hydrogen-bond donors (Lipinski definition) is 1. The summed E-state index contributed by atoms with van der Waals surface area (Å²) in [5, 5.41) is 0. The summed E-state index contributed by atoms with van der Waals surface area (Å²) in [5.74, 6) is -0.297. The normalized spacial score (nSPS) is 25.3. The van der Waals surface area contributed by atoms with E-state index in [2.05, 4.69) is 0 Å². The van der Waals surface area contributed by atoms with Crippen molar-refractivity contribution in [3.63, 3.8) is 0 Å². The fourth-order valence-electron chi connectivity index (χ4n) is 2.31. The first-order valence-electron chi connectivity index (χ1n) is 6.09. The quantitative estimate of drug-likeness (QED) is 0.883. The molecule has 0 amide bonds. The Bertz CT molecular complexity index is 394. The molecular formula is C13H17F3N2. The summed E-state index contributed by atoms with van der Waals surface area (Å²) in [5.41, 5.74) is 5.21. The molecule has 1 aliphatic rings. The van der Waals surface area contributed by atoms with E-state index in [-0.39, 0.29) is 12.2 Å². The number of anilines is 1. The maximum absolute atomic E-state index is 12.9. The van der Waals surface area contributed by atoms with Gasteiger partial charge in [0.1, 0.15) is 5.82 Å². The Balaban J connectivity index is 2.07. The highest BCUT2D eigenvalue weighted by Gasteiger charge is 2.37. The molecule has 1 atom stereocenters. The smallest absolute Gasteiger partial charge is 0.256 e. The number of nitrogens with zero attached hydrogens (tertiary/aromatic N) is 1. The largest absolute Gasteiger partial charge is 0.371 e. The zero-order chi connectivity index (χ0) is 13.2. The van der Waals surface area contributed by atoms with Gasteiger partial charge in [-0.1, -0.05) is 0 Å². The van der Waals surface area contributed by atoms with Crippen LogP contribution in [0.4, 0.5) is 18.9 Å². The van der Waals surface area contributed by atoms with Crippen LogP contribution in [0.3, 0.4) is 0 Å². The lowest BCUT2D eigenvalue weighted by Crippen LogP contribution is -2.47. The molecule has 18 heavy (non-hydrogen) atoms. The number of rotatable bonds is 2. The van der Waals surface area contributed by atoms with Crippen LogP contribution in [-0.2, 0) is 0 Å². The molecule has 1 aliphatic heterocycles. The minimum atomic E-state index is -2.49. The van der Waals surface area contributed by atoms with E-state index in [0.29, 0.717) is 25.9 Å². The lowest BCUT2D eigenvalue weighted by atomic mass is 9.92. The van der Waals surface area contributed by atoms with Crippen molar-refractivity contribution in [2.45, 2.75) is 31.2 Å². The van der Waals surface area contributed by atoms with Gasteiger partial charge in [0.15, 0.2) is 0 Å². The molecule has 5 heteroatoms. The van der Waals surface area contributed by atoms with Crippen molar-refractivity contribution in [3.8, 4) is 0 Å². The fraction of sp³-hybridized carbons (Fsp3) is 0.538. The standard InChI is InChI=1S/C13H17F3N2/c14-10-2-4-11(5-3-10)18-8-1-6-13(17,7-9-18)12(15)16/h2-5,12H,1,6-9,17H2. The second-order valence-electron chi connectivity index (χ2n) is 4.85. The highest BCUT2D eigenvalue weighted by atomic mass is 19.3. The third kappa shape index (κ3) is 2.77. The monoisotopic (exact) mass is 258 g/mol. The number of nitrogens with two attached hydrogens (primary N) is 1. The van der Waals surface area contributed by atoms with E-state index in [9.17, 15) is 13.2 Å². The van der Waals surface area contributed by atoms with Gasteiger partial charge < -0.3 is 10.6 Å². The predicted octanol–water partition coefficient (Wildman–Crippen LogP) is 2.78. The first-order chi connectivity index (χ1) is 8.51. The van der Waals surface area contributed by atoms with Crippen LogP contribution in [0.5, 0.6) is 0 Å². The number of hydrogen-bond acceptors (Lipinski definition) is 2. The van der Waals surface area contributed by atoms with Gasteiger partial charge in [0, 0.05) is 18.8 Å². The van der Waals surface area contributed by atoms with E-state index in [1.165, 1.54) is 12.1 Å². The lowest BCUT2D eigenvalue weighted by Gasteiger charge is -2.27. The molecule has 0 radical (unpaired) electrons. The fourth-order valence-corrected chi connectivity index (χ4v) is 2.31. The van der Waals surface area contributed by atoms with E-state index in [4.69, 9.17) is 5.73 Å². The van der Waals surface area contributed by atoms with Gasteiger partial charge in [0.25, 0.3) is 6.43 Å². The van der Waals surface area contributed by atoms with E-state index in [0.717, 1.165) is 5.69 Å². The molecule has 1 saturated heterocycles. The van der Waals surface area contributed by atoms with Crippen LogP contribution in [0.25, 0.3) is 0 Å². The third-order valence-electron chi connectivity index (χ3n) is 3.54. The zero-order valence-corrected chi connectivity index (χ0v) is 10.1. The van der Waals surface area contributed by atoms with Crippen molar-refractivity contribution in [3.05, 3.63) is 30.1 Å². The number of alkyl halides is 2. The molecule has 0 bridgehead atoms. The van der Waals surface area contributed by atoms with Crippen molar-refractivity contribution >= 4 is 5.69 Å². The molecule has 0 saturated carbocycles. The first-order valence-corrected chi connectivity index (χ1v) is 6.09. The summed E-state index contributed by atoms with van der Waals surface area (Å²) in [6.07, 6.45) is -1.30. The Hall–Kier alpha value is -1.23. The van der Waals surface area contributed by atoms with Crippen LogP contribution in [0.2, 0.25) is 0 Å². The molecule has 2 rings (SSSR count). The topological polar surface area (TPSA) is 29.3 Å². The highest BCUT2D eigenvalue weighted by Crippen LogP contribution is 2.28. The molecule has 2 nitrogen and oxygen atoms in total. The molecule has 0 spiro atoms. The molecule has 1 aromatic carbocycles. The summed E-state index contributed by atoms with van der Waals surface area (Å²) in [4.78, 5) is 1.98. The van der Waals surface area contributed by atoms with Gasteiger partial charge >= 0.3 is 0 Å². The van der Waals surface area contributed by atoms with Gasteiger partial charge in [-0.15, -0.1) is 0 Å². The van der Waals surface area contributed by atoms with Crippen LogP contribution in [-0.4, -0.2) is 25.1 Å². The Kier molecular flexibility index (Phi) is 3.80. The van der Waals surface area contributed by atoms with Crippen LogP contribution in [0.1, 0.15) is 19.3 Å². The maximum atomic E-state index is 12.9. The SMILES string of the molecule is NC1(C(F)F)CCCN(c2ccc(F)cc2)CC1. The van der Waals surface area contributed by atoms with E-state index in [1.807, 2.05) is 4.90 Å². The van der Waals surface area contributed by atoms with Crippen molar-refractivity contribution in [2.75, 3.05) is 18.0 Å². The van der Waals surface area contributed by atoms with Gasteiger partial charge in [-0.05, 0) is 43.5 Å². The van der Waals surface area contributed by atoms with Crippen LogP contribution in [0.15, 0.2) is 24.3 Å². The Morgan fingerprint density at radius 2 is 1.78 bits per heavy atom. The van der Waals surface area contributed by atoms with Gasteiger partial charge in [-0.3, -0.25) is 0 Å². The zero-order valence-electron chi connectivity index (χ0n) is 10.1. The first kappa shape index (κ1) is 13.2. The minimum absolute atomic E-state index is 0.252. The van der Waals surface area contributed by atoms with Crippen molar-refractivity contribution in [1.29, 1.82) is 0 Å². The van der Waals surface area contributed by atoms with Crippen molar-refractivity contribution < 1.29 is 13.2 Å². The van der Waals surface area contributed by atoms with Gasteiger partial charge in [0.2, 0.25) is 0 Å². The molecular weight excluding hydrogens is 241 g/mol. The molecule has 1 aromatic rings. The number of halogens is 3. The van der Waals surface area contributed by atoms with Crippen molar-refractivity contribution in [1.82, 2.24) is 0 Å². The lowest BCUT2D eigenvalue weighted by molar-refractivity contribution is 0.0466. The maximum Gasteiger partial charge on any atom is 0.256 e. The van der Waals surface area contributed by atoms with Crippen LogP contribution < -0.4 is 10.6 Å². The summed E-state index contributed by atoms with van der Waals surface area (Å²) < 4.78 is 38.6. The molecule has 0 aromatic heterocycles. The minimum Gasteiger partial charge on any atom is -0.371 e. The molecule has 1 unspecified atom stereocenters. The van der Waals surface area contributed by atoms with E-state index in [1.54, 1.807) is 12.1 Å². The van der Waals surface area contributed by atoms with E-state index < -0.39 is 12.0 Å². The average molecular weight is 258 g/mol. The third-order valence-corrected chi connectivity index (χ3v) is 3.54. The Morgan fingerprint density at radius 1 is 1.11 bits per heavy atom. The van der Waals surface area contributed by atoms with E-state index >= 15 is 0 Å². The summed E-state index contributed by atoms with van der Waals surface area (Å²) in [7, 11) is 0. The van der Waals surface area contributed by atoms with Crippen molar-refractivity contribution in [2.24, 2.45) is 5.73 Å². The predicted molar refractivity (Wildman–Crippen MR) is 65.4 cm³/mol. The summed E-state index contributed by atoms with van der Waals surface area (Å²) in [6, 6.07) is 6.09. The average Bonchev–Trinajstić information content (AvgIpc) is 2.54. The number of benzene rings is 1. The Labute approximate surface area is 105 Å². The van der Waals surface area contributed by atoms with Gasteiger partial charge in [-0.2, -0.15) is 0 Å². The molecule has 2 N–H and O–H groups in total. The molecule has 1 heterocycles. The molecule has 1 fully saturated rings. The van der Waals surface area contributed by atoms with Gasteiger partial charge in [0.05, 0.1) is 5.54 Å². The van der Waals surface area contributed by atoms with Crippen LogP contribution in [0, 0.1) is 5.82 Å². The second kappa shape index (κ2) is 5.18. The summed E-state index contributed by atoms with van der Waals surface area (Å²) >= 11 is 0. The highest BCUT2D eigenvalue weighted by molar-refractivity contribution is 5.46. The van der Waals surface area contributed by atoms with Gasteiger partial charge in [-0.25, -0.2) is 13.2 Å². The second-order valence-corrected chi connectivity index (χ2v) is 4.85.